The van der Waals surface area contributed by atoms with Gasteiger partial charge in [0, 0.05) is 19.6 Å². The van der Waals surface area contributed by atoms with Crippen LogP contribution in [0.3, 0.4) is 0 Å². The number of hydrogen-bond acceptors (Lipinski definition) is 3. The van der Waals surface area contributed by atoms with Gasteiger partial charge in [0.1, 0.15) is 5.82 Å². The normalized spacial score (nSPS) is 10.8. The number of aromatic carboxylic acids is 1. The summed E-state index contributed by atoms with van der Waals surface area (Å²) in [6, 6.07) is 4.18. The zero-order valence-corrected chi connectivity index (χ0v) is 11.7. The first-order valence-electron chi connectivity index (χ1n) is 6.38. The van der Waals surface area contributed by atoms with E-state index in [0.717, 1.165) is 13.0 Å². The number of likely N-dealkylation sites (N-methyl/N-ethyl adjacent to an activating group) is 1. The van der Waals surface area contributed by atoms with Crippen molar-refractivity contribution in [3.8, 4) is 0 Å². The molecule has 0 aromatic heterocycles. The third-order valence-electron chi connectivity index (χ3n) is 2.84. The van der Waals surface area contributed by atoms with Crippen molar-refractivity contribution in [3.05, 3.63) is 29.6 Å². The average Bonchev–Trinajstić information content (AvgIpc) is 2.34. The van der Waals surface area contributed by atoms with Gasteiger partial charge in [0.05, 0.1) is 11.3 Å². The molecule has 19 heavy (non-hydrogen) atoms. The van der Waals surface area contributed by atoms with Gasteiger partial charge in [-0.15, -0.1) is 0 Å². The molecular formula is C14H21FN2O2. The molecule has 1 N–H and O–H groups in total. The molecule has 0 amide bonds. The summed E-state index contributed by atoms with van der Waals surface area (Å²) in [6.07, 6.45) is 0.834. The summed E-state index contributed by atoms with van der Waals surface area (Å²) in [7, 11) is 3.87. The number of carboxylic acid groups (broad SMARTS) is 1. The van der Waals surface area contributed by atoms with Crippen LogP contribution in [0.4, 0.5) is 10.1 Å². The molecule has 0 bridgehead atoms. The quantitative estimate of drug-likeness (QED) is 0.824. The topological polar surface area (TPSA) is 43.8 Å². The molecular weight excluding hydrogens is 247 g/mol. The van der Waals surface area contributed by atoms with Crippen LogP contribution in [0.25, 0.3) is 0 Å². The van der Waals surface area contributed by atoms with Crippen molar-refractivity contribution >= 4 is 11.7 Å². The highest BCUT2D eigenvalue weighted by Gasteiger charge is 2.19. The van der Waals surface area contributed by atoms with Crippen LogP contribution >= 0.6 is 0 Å². The van der Waals surface area contributed by atoms with Gasteiger partial charge >= 0.3 is 5.97 Å². The van der Waals surface area contributed by atoms with E-state index in [1.54, 1.807) is 4.90 Å². The second kappa shape index (κ2) is 7.09. The molecule has 4 nitrogen and oxygen atoms in total. The molecule has 0 aliphatic rings. The second-order valence-corrected chi connectivity index (χ2v) is 4.73. The van der Waals surface area contributed by atoms with Crippen LogP contribution < -0.4 is 4.90 Å². The van der Waals surface area contributed by atoms with Gasteiger partial charge in [0.2, 0.25) is 0 Å². The van der Waals surface area contributed by atoms with E-state index in [1.165, 1.54) is 18.2 Å². The van der Waals surface area contributed by atoms with Crippen LogP contribution in [0, 0.1) is 5.82 Å². The molecule has 5 heteroatoms. The van der Waals surface area contributed by atoms with E-state index in [1.807, 2.05) is 25.9 Å². The van der Waals surface area contributed by atoms with Gasteiger partial charge < -0.3 is 14.9 Å². The number of carbonyl (C=O) groups is 1. The molecule has 0 saturated carbocycles. The summed E-state index contributed by atoms with van der Waals surface area (Å²) in [6.45, 7) is 3.97. The molecule has 0 aliphatic carbocycles. The molecule has 1 aromatic rings. The lowest BCUT2D eigenvalue weighted by Gasteiger charge is -2.27. The minimum absolute atomic E-state index is 0.0206. The van der Waals surface area contributed by atoms with E-state index in [-0.39, 0.29) is 11.3 Å². The summed E-state index contributed by atoms with van der Waals surface area (Å²) in [5, 5.41) is 9.18. The van der Waals surface area contributed by atoms with Gasteiger partial charge in [-0.05, 0) is 32.6 Å². The lowest BCUT2D eigenvalue weighted by molar-refractivity contribution is 0.0697. The van der Waals surface area contributed by atoms with Gasteiger partial charge in [-0.2, -0.15) is 0 Å². The zero-order valence-electron chi connectivity index (χ0n) is 11.7. The molecule has 106 valence electrons. The summed E-state index contributed by atoms with van der Waals surface area (Å²) >= 11 is 0. The van der Waals surface area contributed by atoms with Crippen molar-refractivity contribution in [2.24, 2.45) is 0 Å². The number of carboxylic acids is 1. The van der Waals surface area contributed by atoms with Crippen LogP contribution in [-0.2, 0) is 0 Å². The number of benzene rings is 1. The number of para-hydroxylation sites is 1. The SMILES string of the molecule is CCCN(CCN(C)C)c1c(F)cccc1C(=O)O. The summed E-state index contributed by atoms with van der Waals surface area (Å²) in [5.41, 5.74) is 0.214. The first-order valence-corrected chi connectivity index (χ1v) is 6.38. The number of hydrogen-bond donors (Lipinski definition) is 1. The summed E-state index contributed by atoms with van der Waals surface area (Å²) < 4.78 is 14.0. The Kier molecular flexibility index (Phi) is 5.76. The van der Waals surface area contributed by atoms with Crippen molar-refractivity contribution in [1.29, 1.82) is 0 Å². The minimum atomic E-state index is -1.10. The fourth-order valence-electron chi connectivity index (χ4n) is 1.94. The highest BCUT2D eigenvalue weighted by Crippen LogP contribution is 2.24. The Balaban J connectivity index is 3.09. The zero-order chi connectivity index (χ0) is 14.4. The number of rotatable bonds is 7. The fourth-order valence-corrected chi connectivity index (χ4v) is 1.94. The first-order chi connectivity index (χ1) is 8.97. The highest BCUT2D eigenvalue weighted by molar-refractivity contribution is 5.94. The Morgan fingerprint density at radius 1 is 1.26 bits per heavy atom. The van der Waals surface area contributed by atoms with Gasteiger partial charge in [-0.3, -0.25) is 0 Å². The molecule has 0 aliphatic heterocycles. The Morgan fingerprint density at radius 3 is 2.47 bits per heavy atom. The van der Waals surface area contributed by atoms with Gasteiger partial charge in [-0.1, -0.05) is 13.0 Å². The lowest BCUT2D eigenvalue weighted by atomic mass is 10.1. The van der Waals surface area contributed by atoms with Crippen LogP contribution in [-0.4, -0.2) is 49.7 Å². The maximum atomic E-state index is 14.0. The van der Waals surface area contributed by atoms with Crippen molar-refractivity contribution in [2.75, 3.05) is 38.6 Å². The van der Waals surface area contributed by atoms with Gasteiger partial charge in [0.25, 0.3) is 0 Å². The molecule has 1 aromatic carbocycles. The maximum Gasteiger partial charge on any atom is 0.337 e. The van der Waals surface area contributed by atoms with E-state index in [9.17, 15) is 14.3 Å². The van der Waals surface area contributed by atoms with E-state index in [2.05, 4.69) is 0 Å². The second-order valence-electron chi connectivity index (χ2n) is 4.73. The highest BCUT2D eigenvalue weighted by atomic mass is 19.1. The molecule has 0 heterocycles. The smallest absolute Gasteiger partial charge is 0.337 e. The fraction of sp³-hybridized carbons (Fsp3) is 0.500. The molecule has 0 unspecified atom stereocenters. The summed E-state index contributed by atoms with van der Waals surface area (Å²) in [5.74, 6) is -1.58. The van der Waals surface area contributed by atoms with E-state index in [4.69, 9.17) is 0 Å². The Morgan fingerprint density at radius 2 is 1.95 bits per heavy atom. The Labute approximate surface area is 113 Å². The molecule has 0 radical (unpaired) electrons. The monoisotopic (exact) mass is 268 g/mol. The largest absolute Gasteiger partial charge is 0.478 e. The number of anilines is 1. The molecule has 0 saturated heterocycles. The first kappa shape index (κ1) is 15.4. The van der Waals surface area contributed by atoms with Gasteiger partial charge in [0.15, 0.2) is 0 Å². The molecule has 0 spiro atoms. The van der Waals surface area contributed by atoms with Crippen molar-refractivity contribution in [3.63, 3.8) is 0 Å². The van der Waals surface area contributed by atoms with Gasteiger partial charge in [-0.25, -0.2) is 9.18 Å². The van der Waals surface area contributed by atoms with Crippen molar-refractivity contribution in [2.45, 2.75) is 13.3 Å². The van der Waals surface area contributed by atoms with Crippen LogP contribution in [0.1, 0.15) is 23.7 Å². The number of halogens is 1. The third kappa shape index (κ3) is 4.21. The average molecular weight is 268 g/mol. The molecule has 1 rings (SSSR count). The number of nitrogens with zero attached hydrogens (tertiary/aromatic N) is 2. The standard InChI is InChI=1S/C14H21FN2O2/c1-4-8-17(10-9-16(2)3)13-11(14(18)19)6-5-7-12(13)15/h5-7H,4,8-10H2,1-3H3,(H,18,19). The van der Waals surface area contributed by atoms with E-state index >= 15 is 0 Å². The van der Waals surface area contributed by atoms with Crippen LogP contribution in [0.2, 0.25) is 0 Å². The minimum Gasteiger partial charge on any atom is -0.478 e. The Bertz CT molecular complexity index is 435. The Hall–Kier alpha value is -1.62. The maximum absolute atomic E-state index is 14.0. The molecule has 0 fully saturated rings. The van der Waals surface area contributed by atoms with Crippen molar-refractivity contribution < 1.29 is 14.3 Å². The predicted molar refractivity (Wildman–Crippen MR) is 74.4 cm³/mol. The lowest BCUT2D eigenvalue weighted by Crippen LogP contribution is -2.34. The molecule has 0 atom stereocenters. The summed E-state index contributed by atoms with van der Waals surface area (Å²) in [4.78, 5) is 15.0. The third-order valence-corrected chi connectivity index (χ3v) is 2.84. The van der Waals surface area contributed by atoms with E-state index in [0.29, 0.717) is 13.1 Å². The van der Waals surface area contributed by atoms with Crippen molar-refractivity contribution in [1.82, 2.24) is 4.90 Å². The van der Waals surface area contributed by atoms with Crippen LogP contribution in [0.5, 0.6) is 0 Å². The van der Waals surface area contributed by atoms with E-state index < -0.39 is 11.8 Å². The van der Waals surface area contributed by atoms with Crippen LogP contribution in [0.15, 0.2) is 18.2 Å². The predicted octanol–water partition coefficient (Wildman–Crippen LogP) is 2.30.